The number of aryl methyl sites for hydroxylation is 1. The van der Waals surface area contributed by atoms with Gasteiger partial charge in [0.15, 0.2) is 0 Å². The van der Waals surface area contributed by atoms with Crippen LogP contribution in [0.4, 0.5) is 5.69 Å². The number of benzene rings is 2. The van der Waals surface area contributed by atoms with Gasteiger partial charge in [0.1, 0.15) is 0 Å². The summed E-state index contributed by atoms with van der Waals surface area (Å²) < 4.78 is 0. The Morgan fingerprint density at radius 1 is 1.00 bits per heavy atom. The molecule has 2 aromatic rings. The van der Waals surface area contributed by atoms with Crippen LogP contribution in [-0.4, -0.2) is 23.5 Å². The van der Waals surface area contributed by atoms with Gasteiger partial charge in [-0.05, 0) is 24.6 Å². The fraction of sp³-hybridized carbons (Fsp3) is 0.176. The summed E-state index contributed by atoms with van der Waals surface area (Å²) in [6.45, 7) is 1.91. The van der Waals surface area contributed by atoms with Crippen LogP contribution < -0.4 is 10.6 Å². The van der Waals surface area contributed by atoms with Crippen LogP contribution in [0.2, 0.25) is 0 Å². The molecule has 2 rings (SSSR count). The van der Waals surface area contributed by atoms with Crippen molar-refractivity contribution in [3.05, 3.63) is 65.7 Å². The van der Waals surface area contributed by atoms with Crippen LogP contribution in [0.5, 0.6) is 0 Å². The Morgan fingerprint density at radius 3 is 2.27 bits per heavy atom. The van der Waals surface area contributed by atoms with Gasteiger partial charge in [-0.15, -0.1) is 0 Å². The Morgan fingerprint density at radius 2 is 1.64 bits per heavy atom. The first-order chi connectivity index (χ1) is 10.6. The number of aliphatic hydroxyl groups is 1. The Labute approximate surface area is 129 Å². The molecule has 5 nitrogen and oxygen atoms in total. The summed E-state index contributed by atoms with van der Waals surface area (Å²) in [5, 5.41) is 14.8. The second-order valence-electron chi connectivity index (χ2n) is 4.96. The van der Waals surface area contributed by atoms with Crippen molar-refractivity contribution in [1.29, 1.82) is 0 Å². The number of hydrogen-bond acceptors (Lipinski definition) is 3. The molecule has 3 N–H and O–H groups in total. The highest BCUT2D eigenvalue weighted by atomic mass is 16.3. The second-order valence-corrected chi connectivity index (χ2v) is 4.96. The van der Waals surface area contributed by atoms with Gasteiger partial charge in [-0.1, -0.05) is 48.0 Å². The SMILES string of the molecule is Cc1ccc(NC(=O)C(=O)NCC(O)c2ccccc2)cc1. The monoisotopic (exact) mass is 298 g/mol. The molecular formula is C17H18N2O3. The Balaban J connectivity index is 1.84. The van der Waals surface area contributed by atoms with Gasteiger partial charge in [-0.2, -0.15) is 0 Å². The lowest BCUT2D eigenvalue weighted by atomic mass is 10.1. The summed E-state index contributed by atoms with van der Waals surface area (Å²) in [6, 6.07) is 16.1. The van der Waals surface area contributed by atoms with Crippen LogP contribution in [-0.2, 0) is 9.59 Å². The molecule has 0 bridgehead atoms. The molecule has 0 saturated heterocycles. The van der Waals surface area contributed by atoms with Crippen molar-refractivity contribution in [3.8, 4) is 0 Å². The molecule has 0 aliphatic rings. The summed E-state index contributed by atoms with van der Waals surface area (Å²) in [5.74, 6) is -1.54. The lowest BCUT2D eigenvalue weighted by Crippen LogP contribution is -2.37. The fourth-order valence-corrected chi connectivity index (χ4v) is 1.89. The normalized spacial score (nSPS) is 11.5. The lowest BCUT2D eigenvalue weighted by molar-refractivity contribution is -0.136. The smallest absolute Gasteiger partial charge is 0.313 e. The summed E-state index contributed by atoms with van der Waals surface area (Å²) >= 11 is 0. The van der Waals surface area contributed by atoms with Crippen molar-refractivity contribution in [2.75, 3.05) is 11.9 Å². The highest BCUT2D eigenvalue weighted by molar-refractivity contribution is 6.39. The van der Waals surface area contributed by atoms with Crippen LogP contribution in [0.3, 0.4) is 0 Å². The van der Waals surface area contributed by atoms with Crippen LogP contribution in [0.25, 0.3) is 0 Å². The van der Waals surface area contributed by atoms with E-state index in [1.54, 1.807) is 36.4 Å². The number of amides is 2. The first-order valence-corrected chi connectivity index (χ1v) is 6.95. The highest BCUT2D eigenvalue weighted by Gasteiger charge is 2.15. The maximum Gasteiger partial charge on any atom is 0.313 e. The predicted octanol–water partition coefficient (Wildman–Crippen LogP) is 1.78. The van der Waals surface area contributed by atoms with Crippen LogP contribution in [0.1, 0.15) is 17.2 Å². The largest absolute Gasteiger partial charge is 0.387 e. The van der Waals surface area contributed by atoms with Crippen molar-refractivity contribution in [2.45, 2.75) is 13.0 Å². The van der Waals surface area contributed by atoms with E-state index in [2.05, 4.69) is 10.6 Å². The van der Waals surface area contributed by atoms with Crippen molar-refractivity contribution < 1.29 is 14.7 Å². The molecular weight excluding hydrogens is 280 g/mol. The maximum atomic E-state index is 11.7. The van der Waals surface area contributed by atoms with Crippen molar-refractivity contribution >= 4 is 17.5 Å². The van der Waals surface area contributed by atoms with E-state index in [1.807, 2.05) is 25.1 Å². The zero-order chi connectivity index (χ0) is 15.9. The number of nitrogens with one attached hydrogen (secondary N) is 2. The molecule has 1 atom stereocenters. The van der Waals surface area contributed by atoms with Gasteiger partial charge in [0.2, 0.25) is 0 Å². The summed E-state index contributed by atoms with van der Waals surface area (Å²) in [6.07, 6.45) is -0.850. The van der Waals surface area contributed by atoms with E-state index in [9.17, 15) is 14.7 Å². The second kappa shape index (κ2) is 7.38. The zero-order valence-electron chi connectivity index (χ0n) is 12.2. The third-order valence-corrected chi connectivity index (χ3v) is 3.16. The molecule has 0 saturated carbocycles. The van der Waals surface area contributed by atoms with E-state index in [4.69, 9.17) is 0 Å². The number of carbonyl (C=O) groups is 2. The van der Waals surface area contributed by atoms with Crippen LogP contribution in [0, 0.1) is 6.92 Å². The molecule has 2 amide bonds. The van der Waals surface area contributed by atoms with Gasteiger partial charge in [0.25, 0.3) is 0 Å². The zero-order valence-corrected chi connectivity index (χ0v) is 12.2. The molecule has 0 aliphatic heterocycles. The third-order valence-electron chi connectivity index (χ3n) is 3.16. The first-order valence-electron chi connectivity index (χ1n) is 6.95. The molecule has 5 heteroatoms. The first kappa shape index (κ1) is 15.7. The van der Waals surface area contributed by atoms with Crippen molar-refractivity contribution in [3.63, 3.8) is 0 Å². The number of carbonyl (C=O) groups excluding carboxylic acids is 2. The molecule has 0 aromatic heterocycles. The topological polar surface area (TPSA) is 78.4 Å². The molecule has 0 heterocycles. The van der Waals surface area contributed by atoms with E-state index in [1.165, 1.54) is 0 Å². The molecule has 0 radical (unpaired) electrons. The minimum atomic E-state index is -0.850. The van der Waals surface area contributed by atoms with E-state index >= 15 is 0 Å². The Kier molecular flexibility index (Phi) is 5.27. The number of hydrogen-bond donors (Lipinski definition) is 3. The number of rotatable bonds is 4. The minimum Gasteiger partial charge on any atom is -0.387 e. The van der Waals surface area contributed by atoms with Crippen LogP contribution in [0.15, 0.2) is 54.6 Å². The average Bonchev–Trinajstić information content (AvgIpc) is 2.55. The number of anilines is 1. The minimum absolute atomic E-state index is 0.0236. The highest BCUT2D eigenvalue weighted by Crippen LogP contribution is 2.11. The van der Waals surface area contributed by atoms with Gasteiger partial charge >= 0.3 is 11.8 Å². The molecule has 0 aliphatic carbocycles. The molecule has 114 valence electrons. The van der Waals surface area contributed by atoms with Crippen molar-refractivity contribution in [2.24, 2.45) is 0 Å². The van der Waals surface area contributed by atoms with Gasteiger partial charge in [-0.25, -0.2) is 0 Å². The Bertz CT molecular complexity index is 639. The predicted molar refractivity (Wildman–Crippen MR) is 84.2 cm³/mol. The third kappa shape index (κ3) is 4.43. The standard InChI is InChI=1S/C17H18N2O3/c1-12-7-9-14(10-8-12)19-17(22)16(21)18-11-15(20)13-5-3-2-4-6-13/h2-10,15,20H,11H2,1H3,(H,18,21)(H,19,22). The van der Waals surface area contributed by atoms with E-state index in [0.717, 1.165) is 5.56 Å². The Hall–Kier alpha value is -2.66. The van der Waals surface area contributed by atoms with E-state index in [-0.39, 0.29) is 6.54 Å². The lowest BCUT2D eigenvalue weighted by Gasteiger charge is -2.12. The van der Waals surface area contributed by atoms with Crippen LogP contribution >= 0.6 is 0 Å². The molecule has 0 fully saturated rings. The molecule has 0 spiro atoms. The van der Waals surface area contributed by atoms with Gasteiger partial charge in [0.05, 0.1) is 6.10 Å². The van der Waals surface area contributed by atoms with E-state index < -0.39 is 17.9 Å². The molecule has 2 aromatic carbocycles. The van der Waals surface area contributed by atoms with Crippen molar-refractivity contribution in [1.82, 2.24) is 5.32 Å². The van der Waals surface area contributed by atoms with E-state index in [0.29, 0.717) is 11.3 Å². The number of aliphatic hydroxyl groups excluding tert-OH is 1. The van der Waals surface area contributed by atoms with Gasteiger partial charge in [0, 0.05) is 12.2 Å². The fourth-order valence-electron chi connectivity index (χ4n) is 1.89. The average molecular weight is 298 g/mol. The maximum absolute atomic E-state index is 11.7. The van der Waals surface area contributed by atoms with Gasteiger partial charge in [-0.3, -0.25) is 9.59 Å². The quantitative estimate of drug-likeness (QED) is 0.753. The molecule has 1 unspecified atom stereocenters. The molecule has 22 heavy (non-hydrogen) atoms. The summed E-state index contributed by atoms with van der Waals surface area (Å²) in [4.78, 5) is 23.5. The summed E-state index contributed by atoms with van der Waals surface area (Å²) in [5.41, 5.74) is 2.30. The summed E-state index contributed by atoms with van der Waals surface area (Å²) in [7, 11) is 0. The van der Waals surface area contributed by atoms with Gasteiger partial charge < -0.3 is 15.7 Å².